The highest BCUT2D eigenvalue weighted by Crippen LogP contribution is 2.09. The van der Waals surface area contributed by atoms with E-state index in [0.717, 1.165) is 13.1 Å². The maximum Gasteiger partial charge on any atom is 0.251 e. The predicted molar refractivity (Wildman–Crippen MR) is 62.4 cm³/mol. The second-order valence-electron chi connectivity index (χ2n) is 4.03. The number of hydrogen-bond donors (Lipinski definition) is 1. The first kappa shape index (κ1) is 14.7. The van der Waals surface area contributed by atoms with E-state index in [1.165, 1.54) is 0 Å². The van der Waals surface area contributed by atoms with E-state index in [2.05, 4.69) is 19.2 Å². The van der Waals surface area contributed by atoms with E-state index in [1.807, 2.05) is 4.90 Å². The number of piperazine rings is 1. The largest absolute Gasteiger partial charge is 0.372 e. The van der Waals surface area contributed by atoms with Crippen LogP contribution >= 0.6 is 12.4 Å². The summed E-state index contributed by atoms with van der Waals surface area (Å²) in [4.78, 5) is 13.8. The molecule has 1 amide bonds. The number of methoxy groups -OCH3 is 1. The number of hydrogen-bond acceptors (Lipinski definition) is 3. The highest BCUT2D eigenvalue weighted by atomic mass is 35.5. The molecule has 3 unspecified atom stereocenters. The van der Waals surface area contributed by atoms with Crippen LogP contribution in [0.2, 0.25) is 0 Å². The third kappa shape index (κ3) is 3.63. The number of halogens is 1. The van der Waals surface area contributed by atoms with Gasteiger partial charge in [-0.05, 0) is 20.8 Å². The van der Waals surface area contributed by atoms with E-state index >= 15 is 0 Å². The second-order valence-corrected chi connectivity index (χ2v) is 4.03. The molecule has 5 heteroatoms. The van der Waals surface area contributed by atoms with Gasteiger partial charge in [0.15, 0.2) is 0 Å². The zero-order valence-electron chi connectivity index (χ0n) is 9.82. The molecule has 1 heterocycles. The SMILES string of the molecule is COC(C)C(=O)N1CC(C)NCC1C.Cl. The molecule has 0 aromatic heterocycles. The lowest BCUT2D eigenvalue weighted by Crippen LogP contribution is -2.58. The standard InChI is InChI=1S/C10H20N2O2.ClH/c1-7-6-12(8(2)5-11-7)10(13)9(3)14-4;/h7-9,11H,5-6H2,1-4H3;1H. The van der Waals surface area contributed by atoms with Crippen LogP contribution in [0.3, 0.4) is 0 Å². The minimum Gasteiger partial charge on any atom is -0.372 e. The molecular formula is C10H21ClN2O2. The first-order valence-electron chi connectivity index (χ1n) is 5.13. The molecule has 4 nitrogen and oxygen atoms in total. The summed E-state index contributed by atoms with van der Waals surface area (Å²) in [5.41, 5.74) is 0. The lowest BCUT2D eigenvalue weighted by atomic mass is 10.1. The lowest BCUT2D eigenvalue weighted by molar-refractivity contribution is -0.144. The molecule has 0 aliphatic carbocycles. The molecule has 0 radical (unpaired) electrons. The summed E-state index contributed by atoms with van der Waals surface area (Å²) in [6, 6.07) is 0.635. The van der Waals surface area contributed by atoms with Crippen molar-refractivity contribution in [1.29, 1.82) is 0 Å². The lowest BCUT2D eigenvalue weighted by Gasteiger charge is -2.38. The van der Waals surface area contributed by atoms with Crippen LogP contribution in [-0.4, -0.2) is 49.2 Å². The Labute approximate surface area is 97.8 Å². The van der Waals surface area contributed by atoms with Crippen LogP contribution in [0.25, 0.3) is 0 Å². The molecule has 1 aliphatic heterocycles. The normalized spacial score (nSPS) is 28.1. The van der Waals surface area contributed by atoms with Crippen molar-refractivity contribution in [1.82, 2.24) is 10.2 Å². The molecule has 1 N–H and O–H groups in total. The molecule has 0 spiro atoms. The molecule has 1 aliphatic rings. The summed E-state index contributed by atoms with van der Waals surface area (Å²) < 4.78 is 5.04. The number of rotatable bonds is 2. The van der Waals surface area contributed by atoms with Crippen LogP contribution in [0.4, 0.5) is 0 Å². The molecule has 1 saturated heterocycles. The summed E-state index contributed by atoms with van der Waals surface area (Å²) in [7, 11) is 1.57. The van der Waals surface area contributed by atoms with E-state index in [9.17, 15) is 4.79 Å². The smallest absolute Gasteiger partial charge is 0.251 e. The van der Waals surface area contributed by atoms with Gasteiger partial charge >= 0.3 is 0 Å². The third-order valence-corrected chi connectivity index (χ3v) is 2.75. The van der Waals surface area contributed by atoms with Gasteiger partial charge in [-0.3, -0.25) is 4.79 Å². The highest BCUT2D eigenvalue weighted by molar-refractivity contribution is 5.85. The Balaban J connectivity index is 0.00000196. The summed E-state index contributed by atoms with van der Waals surface area (Å²) in [6.45, 7) is 7.57. The molecule has 15 heavy (non-hydrogen) atoms. The Morgan fingerprint density at radius 1 is 1.53 bits per heavy atom. The van der Waals surface area contributed by atoms with Crippen molar-refractivity contribution in [2.75, 3.05) is 20.2 Å². The zero-order valence-corrected chi connectivity index (χ0v) is 10.6. The fraction of sp³-hybridized carbons (Fsp3) is 0.900. The van der Waals surface area contributed by atoms with Crippen LogP contribution < -0.4 is 5.32 Å². The predicted octanol–water partition coefficient (Wildman–Crippen LogP) is 0.652. The van der Waals surface area contributed by atoms with Crippen molar-refractivity contribution in [3.05, 3.63) is 0 Å². The van der Waals surface area contributed by atoms with Gasteiger partial charge in [0.1, 0.15) is 6.10 Å². The van der Waals surface area contributed by atoms with E-state index in [0.29, 0.717) is 6.04 Å². The first-order chi connectivity index (χ1) is 6.56. The van der Waals surface area contributed by atoms with Gasteiger partial charge in [-0.1, -0.05) is 0 Å². The Morgan fingerprint density at radius 2 is 2.13 bits per heavy atom. The summed E-state index contributed by atoms with van der Waals surface area (Å²) >= 11 is 0. The fourth-order valence-corrected chi connectivity index (χ4v) is 1.66. The molecule has 1 rings (SSSR count). The van der Waals surface area contributed by atoms with Gasteiger partial charge in [0.25, 0.3) is 5.91 Å². The first-order valence-corrected chi connectivity index (χ1v) is 5.13. The van der Waals surface area contributed by atoms with Crippen LogP contribution in [0.15, 0.2) is 0 Å². The van der Waals surface area contributed by atoms with Crippen molar-refractivity contribution in [3.63, 3.8) is 0 Å². The minimum atomic E-state index is -0.331. The van der Waals surface area contributed by atoms with E-state index < -0.39 is 0 Å². The van der Waals surface area contributed by atoms with Crippen LogP contribution in [-0.2, 0) is 9.53 Å². The van der Waals surface area contributed by atoms with Crippen LogP contribution in [0.5, 0.6) is 0 Å². The van der Waals surface area contributed by atoms with Crippen LogP contribution in [0, 0.1) is 0 Å². The molecule has 0 aromatic rings. The van der Waals surface area contributed by atoms with Gasteiger partial charge in [-0.2, -0.15) is 0 Å². The molecular weight excluding hydrogens is 216 g/mol. The van der Waals surface area contributed by atoms with Gasteiger partial charge in [0.2, 0.25) is 0 Å². The fourth-order valence-electron chi connectivity index (χ4n) is 1.66. The number of nitrogens with one attached hydrogen (secondary N) is 1. The second kappa shape index (κ2) is 6.30. The van der Waals surface area contributed by atoms with Crippen molar-refractivity contribution < 1.29 is 9.53 Å². The van der Waals surface area contributed by atoms with Crippen molar-refractivity contribution in [2.24, 2.45) is 0 Å². The average molecular weight is 237 g/mol. The molecule has 0 saturated carbocycles. The molecule has 90 valence electrons. The molecule has 0 aromatic carbocycles. The van der Waals surface area contributed by atoms with Gasteiger partial charge < -0.3 is 15.0 Å². The van der Waals surface area contributed by atoms with E-state index in [4.69, 9.17) is 4.74 Å². The van der Waals surface area contributed by atoms with E-state index in [1.54, 1.807) is 14.0 Å². The molecule has 3 atom stereocenters. The van der Waals surface area contributed by atoms with Gasteiger partial charge in [-0.25, -0.2) is 0 Å². The number of carbonyl (C=O) groups is 1. The Kier molecular flexibility index (Phi) is 6.17. The van der Waals surface area contributed by atoms with Crippen molar-refractivity contribution in [2.45, 2.75) is 39.0 Å². The number of nitrogens with zero attached hydrogens (tertiary/aromatic N) is 1. The maximum atomic E-state index is 11.9. The summed E-state index contributed by atoms with van der Waals surface area (Å²) in [6.07, 6.45) is -0.331. The van der Waals surface area contributed by atoms with Gasteiger partial charge in [0.05, 0.1) is 0 Å². The summed E-state index contributed by atoms with van der Waals surface area (Å²) in [5, 5.41) is 3.34. The third-order valence-electron chi connectivity index (χ3n) is 2.75. The van der Waals surface area contributed by atoms with Gasteiger partial charge in [-0.15, -0.1) is 12.4 Å². The Bertz CT molecular complexity index is 214. The zero-order chi connectivity index (χ0) is 10.7. The maximum absolute atomic E-state index is 11.9. The van der Waals surface area contributed by atoms with E-state index in [-0.39, 0.29) is 30.5 Å². The highest BCUT2D eigenvalue weighted by Gasteiger charge is 2.29. The Hall–Kier alpha value is -0.320. The van der Waals surface area contributed by atoms with Crippen molar-refractivity contribution >= 4 is 18.3 Å². The van der Waals surface area contributed by atoms with Crippen molar-refractivity contribution in [3.8, 4) is 0 Å². The Morgan fingerprint density at radius 3 is 2.67 bits per heavy atom. The van der Waals surface area contributed by atoms with Gasteiger partial charge in [0, 0.05) is 32.3 Å². The average Bonchev–Trinajstić information content (AvgIpc) is 2.19. The molecule has 1 fully saturated rings. The quantitative estimate of drug-likeness (QED) is 0.766. The van der Waals surface area contributed by atoms with Crippen LogP contribution in [0.1, 0.15) is 20.8 Å². The monoisotopic (exact) mass is 236 g/mol. The number of amides is 1. The number of ether oxygens (including phenoxy) is 1. The molecule has 0 bridgehead atoms. The topological polar surface area (TPSA) is 41.6 Å². The minimum absolute atomic E-state index is 0. The number of carbonyl (C=O) groups excluding carboxylic acids is 1. The summed E-state index contributed by atoms with van der Waals surface area (Å²) in [5.74, 6) is 0.0911.